The summed E-state index contributed by atoms with van der Waals surface area (Å²) < 4.78 is 0. The summed E-state index contributed by atoms with van der Waals surface area (Å²) in [6.45, 7) is 5.97. The van der Waals surface area contributed by atoms with E-state index in [0.29, 0.717) is 10.7 Å². The van der Waals surface area contributed by atoms with E-state index in [1.807, 2.05) is 4.90 Å². The molecule has 3 nitrogen and oxygen atoms in total. The minimum Gasteiger partial charge on any atom is -0.338 e. The lowest BCUT2D eigenvalue weighted by Crippen LogP contribution is -2.32. The summed E-state index contributed by atoms with van der Waals surface area (Å²) in [6, 6.07) is 3.25. The highest BCUT2D eigenvalue weighted by Gasteiger charge is 2.37. The lowest BCUT2D eigenvalue weighted by Gasteiger charge is -2.26. The Kier molecular flexibility index (Phi) is 4.36. The Morgan fingerprint density at radius 1 is 1.37 bits per heavy atom. The van der Waals surface area contributed by atoms with E-state index in [0.717, 1.165) is 32.4 Å². The highest BCUT2D eigenvalue weighted by atomic mass is 35.5. The summed E-state index contributed by atoms with van der Waals surface area (Å²) in [5.41, 5.74) is 0.705. The third-order valence-corrected chi connectivity index (χ3v) is 4.77. The largest absolute Gasteiger partial charge is 0.338 e. The molecule has 5 heteroatoms. The van der Waals surface area contributed by atoms with Gasteiger partial charge in [0.15, 0.2) is 0 Å². The second-order valence-electron chi connectivity index (χ2n) is 5.16. The maximum atomic E-state index is 12.5. The van der Waals surface area contributed by atoms with Crippen LogP contribution >= 0.6 is 23.2 Å². The van der Waals surface area contributed by atoms with Crippen molar-refractivity contribution in [3.63, 3.8) is 0 Å². The Bertz CT molecular complexity index is 486. The fourth-order valence-corrected chi connectivity index (χ4v) is 3.10. The Morgan fingerprint density at radius 3 is 2.58 bits per heavy atom. The summed E-state index contributed by atoms with van der Waals surface area (Å²) in [6.07, 6.45) is 3.25. The van der Waals surface area contributed by atoms with Gasteiger partial charge in [0.2, 0.25) is 0 Å². The van der Waals surface area contributed by atoms with Crippen molar-refractivity contribution in [2.45, 2.75) is 33.1 Å². The fourth-order valence-electron chi connectivity index (χ4n) is 2.68. The Balaban J connectivity index is 2.17. The number of carbonyl (C=O) groups excluding carboxylic acids is 1. The van der Waals surface area contributed by atoms with E-state index >= 15 is 0 Å². The van der Waals surface area contributed by atoms with E-state index in [9.17, 15) is 4.79 Å². The molecule has 0 unspecified atom stereocenters. The summed E-state index contributed by atoms with van der Waals surface area (Å²) >= 11 is 11.7. The van der Waals surface area contributed by atoms with Gasteiger partial charge in [0.05, 0.1) is 5.56 Å². The van der Waals surface area contributed by atoms with E-state index in [4.69, 9.17) is 23.2 Å². The Labute approximate surface area is 123 Å². The predicted octanol–water partition coefficient (Wildman–Crippen LogP) is 4.04. The summed E-state index contributed by atoms with van der Waals surface area (Å²) in [7, 11) is 0. The van der Waals surface area contributed by atoms with Gasteiger partial charge >= 0.3 is 0 Å². The molecule has 1 aromatic rings. The number of aromatic nitrogens is 1. The molecule has 0 atom stereocenters. The van der Waals surface area contributed by atoms with Gasteiger partial charge in [-0.15, -0.1) is 0 Å². The number of hydrogen-bond acceptors (Lipinski definition) is 2. The molecule has 104 valence electrons. The summed E-state index contributed by atoms with van der Waals surface area (Å²) in [5.74, 6) is -0.0436. The van der Waals surface area contributed by atoms with Crippen LogP contribution in [0.4, 0.5) is 0 Å². The highest BCUT2D eigenvalue weighted by Crippen LogP contribution is 2.37. The molecule has 19 heavy (non-hydrogen) atoms. The van der Waals surface area contributed by atoms with Gasteiger partial charge in [0.25, 0.3) is 5.91 Å². The fraction of sp³-hybridized carbons (Fsp3) is 0.571. The topological polar surface area (TPSA) is 33.2 Å². The minimum atomic E-state index is -0.0436. The number of carbonyl (C=O) groups is 1. The van der Waals surface area contributed by atoms with Crippen LogP contribution in [0.1, 0.15) is 43.5 Å². The number of nitrogens with zero attached hydrogens (tertiary/aromatic N) is 2. The van der Waals surface area contributed by atoms with Gasteiger partial charge in [-0.1, -0.05) is 37.0 Å². The van der Waals surface area contributed by atoms with Gasteiger partial charge in [-0.2, -0.15) is 0 Å². The molecular weight excluding hydrogens is 283 g/mol. The third kappa shape index (κ3) is 2.87. The third-order valence-electron chi connectivity index (χ3n) is 4.27. The van der Waals surface area contributed by atoms with Crippen LogP contribution in [0.5, 0.6) is 0 Å². The summed E-state index contributed by atoms with van der Waals surface area (Å²) in [5, 5.41) is 0.488. The van der Waals surface area contributed by atoms with Crippen molar-refractivity contribution in [2.75, 3.05) is 13.1 Å². The van der Waals surface area contributed by atoms with Crippen molar-refractivity contribution in [1.82, 2.24) is 9.88 Å². The van der Waals surface area contributed by atoms with E-state index in [-0.39, 0.29) is 16.5 Å². The van der Waals surface area contributed by atoms with Gasteiger partial charge < -0.3 is 4.90 Å². The minimum absolute atomic E-state index is 0.0436. The quantitative estimate of drug-likeness (QED) is 0.789. The maximum absolute atomic E-state index is 12.5. The Morgan fingerprint density at radius 2 is 2.05 bits per heavy atom. The van der Waals surface area contributed by atoms with Crippen molar-refractivity contribution in [3.8, 4) is 0 Å². The van der Waals surface area contributed by atoms with E-state index in [2.05, 4.69) is 18.8 Å². The van der Waals surface area contributed by atoms with Gasteiger partial charge in [-0.25, -0.2) is 4.98 Å². The number of amides is 1. The lowest BCUT2D eigenvalue weighted by atomic mass is 9.82. The SMILES string of the molecule is CCC1(CC)CCN(C(=O)c2ccc(Cl)nc2Cl)C1. The maximum Gasteiger partial charge on any atom is 0.257 e. The predicted molar refractivity (Wildman–Crippen MR) is 77.8 cm³/mol. The zero-order valence-electron chi connectivity index (χ0n) is 11.2. The van der Waals surface area contributed by atoms with Crippen LogP contribution in [0.15, 0.2) is 12.1 Å². The van der Waals surface area contributed by atoms with Crippen LogP contribution in [0.3, 0.4) is 0 Å². The standard InChI is InChI=1S/C14H18Cl2N2O/c1-3-14(4-2)7-8-18(9-14)13(19)10-5-6-11(15)17-12(10)16/h5-6H,3-4,7-9H2,1-2H3. The van der Waals surface area contributed by atoms with Gasteiger partial charge in [-0.3, -0.25) is 4.79 Å². The normalized spacial score (nSPS) is 17.8. The smallest absolute Gasteiger partial charge is 0.257 e. The molecule has 0 aliphatic carbocycles. The first-order valence-corrected chi connectivity index (χ1v) is 7.38. The second-order valence-corrected chi connectivity index (χ2v) is 5.90. The lowest BCUT2D eigenvalue weighted by molar-refractivity contribution is 0.0769. The molecule has 0 bridgehead atoms. The molecule has 0 saturated carbocycles. The number of likely N-dealkylation sites (tertiary alicyclic amines) is 1. The molecular formula is C14H18Cl2N2O. The molecule has 2 heterocycles. The highest BCUT2D eigenvalue weighted by molar-refractivity contribution is 6.34. The first-order chi connectivity index (χ1) is 9.01. The molecule has 0 N–H and O–H groups in total. The van der Waals surface area contributed by atoms with Crippen molar-refractivity contribution in [3.05, 3.63) is 28.0 Å². The van der Waals surface area contributed by atoms with Crippen molar-refractivity contribution >= 4 is 29.1 Å². The van der Waals surface area contributed by atoms with Crippen LogP contribution in [-0.4, -0.2) is 28.9 Å². The van der Waals surface area contributed by atoms with Gasteiger partial charge in [0, 0.05) is 13.1 Å². The average Bonchev–Trinajstić information content (AvgIpc) is 2.83. The van der Waals surface area contributed by atoms with Crippen molar-refractivity contribution in [1.29, 1.82) is 0 Å². The summed E-state index contributed by atoms with van der Waals surface area (Å²) in [4.78, 5) is 18.3. The molecule has 2 rings (SSSR count). The second kappa shape index (κ2) is 5.68. The number of pyridine rings is 1. The zero-order valence-corrected chi connectivity index (χ0v) is 12.8. The monoisotopic (exact) mass is 300 g/mol. The molecule has 1 saturated heterocycles. The van der Waals surface area contributed by atoms with Crippen LogP contribution < -0.4 is 0 Å². The molecule has 1 fully saturated rings. The van der Waals surface area contributed by atoms with Crippen LogP contribution in [0.2, 0.25) is 10.3 Å². The number of halogens is 2. The van der Waals surface area contributed by atoms with E-state index in [1.54, 1.807) is 12.1 Å². The number of rotatable bonds is 3. The van der Waals surface area contributed by atoms with Crippen molar-refractivity contribution in [2.24, 2.45) is 5.41 Å². The molecule has 1 amide bonds. The van der Waals surface area contributed by atoms with Crippen molar-refractivity contribution < 1.29 is 4.79 Å². The average molecular weight is 301 g/mol. The number of hydrogen-bond donors (Lipinski definition) is 0. The van der Waals surface area contributed by atoms with Gasteiger partial charge in [-0.05, 0) is 36.8 Å². The molecule has 0 aromatic carbocycles. The van der Waals surface area contributed by atoms with Crippen LogP contribution in [-0.2, 0) is 0 Å². The first-order valence-electron chi connectivity index (χ1n) is 6.62. The van der Waals surface area contributed by atoms with Crippen LogP contribution in [0.25, 0.3) is 0 Å². The van der Waals surface area contributed by atoms with E-state index in [1.165, 1.54) is 0 Å². The van der Waals surface area contributed by atoms with E-state index < -0.39 is 0 Å². The van der Waals surface area contributed by atoms with Crippen LogP contribution in [0, 0.1) is 5.41 Å². The van der Waals surface area contributed by atoms with Gasteiger partial charge in [0.1, 0.15) is 10.3 Å². The Hall–Kier alpha value is -0.800. The molecule has 1 aliphatic rings. The zero-order chi connectivity index (χ0) is 14.0. The molecule has 1 aliphatic heterocycles. The molecule has 1 aromatic heterocycles. The molecule has 0 radical (unpaired) electrons. The first kappa shape index (κ1) is 14.6. The molecule has 0 spiro atoms.